The molecule has 0 unspecified atom stereocenters. The van der Waals surface area contributed by atoms with E-state index in [0.29, 0.717) is 34.1 Å². The molecule has 172 valence electrons. The Morgan fingerprint density at radius 1 is 1.12 bits per heavy atom. The van der Waals surface area contributed by atoms with Gasteiger partial charge in [0.25, 0.3) is 5.91 Å². The van der Waals surface area contributed by atoms with Crippen molar-refractivity contribution in [3.05, 3.63) is 83.8 Å². The highest BCUT2D eigenvalue weighted by Gasteiger charge is 2.25. The second kappa shape index (κ2) is 8.88. The summed E-state index contributed by atoms with van der Waals surface area (Å²) in [4.78, 5) is 20.2. The van der Waals surface area contributed by atoms with Crippen molar-refractivity contribution < 1.29 is 14.3 Å². The minimum atomic E-state index is -0.353. The Bertz CT molecular complexity index is 1380. The van der Waals surface area contributed by atoms with Crippen molar-refractivity contribution in [2.45, 2.75) is 19.4 Å². The first-order chi connectivity index (χ1) is 16.4. The van der Waals surface area contributed by atoms with Gasteiger partial charge in [0.15, 0.2) is 0 Å². The van der Waals surface area contributed by atoms with E-state index in [1.54, 1.807) is 36.3 Å². The lowest BCUT2D eigenvalue weighted by molar-refractivity contribution is 0.0769. The quantitative estimate of drug-likeness (QED) is 0.437. The fraction of sp³-hybridized carbons (Fsp3) is 0.214. The lowest BCUT2D eigenvalue weighted by Gasteiger charge is -2.32. The van der Waals surface area contributed by atoms with Gasteiger partial charge in [-0.1, -0.05) is 24.3 Å². The first kappa shape index (κ1) is 22.0. The Balaban J connectivity index is 1.71. The van der Waals surface area contributed by atoms with Gasteiger partial charge in [0, 0.05) is 36.8 Å². The first-order valence-corrected chi connectivity index (χ1v) is 11.4. The third kappa shape index (κ3) is 4.24. The fourth-order valence-electron chi connectivity index (χ4n) is 4.51. The molecular weight excluding hydrogens is 429 g/mol. The summed E-state index contributed by atoms with van der Waals surface area (Å²) < 4.78 is 14.3. The number of nitrogens with one attached hydrogen (secondary N) is 1. The molecule has 1 atom stereocenters. The number of aryl methyl sites for hydroxylation is 1. The number of rotatable bonds is 5. The predicted octanol–water partition coefficient (Wildman–Crippen LogP) is 5.16. The number of benzene rings is 3. The van der Waals surface area contributed by atoms with Crippen molar-refractivity contribution in [3.63, 3.8) is 0 Å². The topological polar surface area (TPSA) is 65.5 Å². The molecule has 0 bridgehead atoms. The molecule has 34 heavy (non-hydrogen) atoms. The predicted molar refractivity (Wildman–Crippen MR) is 132 cm³/mol. The second-order valence-corrected chi connectivity index (χ2v) is 8.97. The number of aromatic hydroxyl groups is 1. The molecule has 5 rings (SSSR count). The van der Waals surface area contributed by atoms with Crippen LogP contribution in [0.1, 0.15) is 22.3 Å². The normalized spacial score (nSPS) is 15.2. The molecule has 6 heteroatoms. The van der Waals surface area contributed by atoms with Gasteiger partial charge in [-0.15, -0.1) is 0 Å². The van der Waals surface area contributed by atoms with Crippen LogP contribution in [0.5, 0.6) is 5.75 Å². The molecule has 0 aliphatic carbocycles. The smallest absolute Gasteiger partial charge is 0.255 e. The molecule has 0 radical (unpaired) electrons. The molecule has 1 saturated heterocycles. The van der Waals surface area contributed by atoms with Crippen LogP contribution in [0.3, 0.4) is 0 Å². The number of aromatic nitrogens is 1. The van der Waals surface area contributed by atoms with E-state index in [2.05, 4.69) is 10.3 Å². The number of carbonyl (C=O) groups is 1. The number of hydrogen-bond acceptors (Lipinski definition) is 4. The van der Waals surface area contributed by atoms with Crippen molar-refractivity contribution in [3.8, 4) is 28.0 Å². The van der Waals surface area contributed by atoms with E-state index in [1.165, 1.54) is 12.1 Å². The highest BCUT2D eigenvalue weighted by atomic mass is 19.1. The van der Waals surface area contributed by atoms with Gasteiger partial charge in [-0.05, 0) is 78.5 Å². The zero-order valence-electron chi connectivity index (χ0n) is 19.2. The van der Waals surface area contributed by atoms with E-state index in [9.17, 15) is 14.3 Å². The van der Waals surface area contributed by atoms with Crippen LogP contribution in [-0.4, -0.2) is 47.1 Å². The van der Waals surface area contributed by atoms with E-state index in [-0.39, 0.29) is 23.5 Å². The Kier molecular flexibility index (Phi) is 5.75. The summed E-state index contributed by atoms with van der Waals surface area (Å²) in [5.41, 5.74) is 4.86. The van der Waals surface area contributed by atoms with Crippen LogP contribution >= 0.6 is 0 Å². The van der Waals surface area contributed by atoms with Gasteiger partial charge in [-0.3, -0.25) is 9.78 Å². The molecule has 1 fully saturated rings. The Morgan fingerprint density at radius 3 is 2.62 bits per heavy atom. The van der Waals surface area contributed by atoms with Gasteiger partial charge in [-0.25, -0.2) is 4.39 Å². The monoisotopic (exact) mass is 455 g/mol. The van der Waals surface area contributed by atoms with Crippen LogP contribution in [0.25, 0.3) is 33.2 Å². The third-order valence-corrected chi connectivity index (χ3v) is 6.38. The van der Waals surface area contributed by atoms with Gasteiger partial charge in [0.05, 0.1) is 11.1 Å². The molecule has 1 amide bonds. The van der Waals surface area contributed by atoms with E-state index in [1.807, 2.05) is 37.3 Å². The highest BCUT2D eigenvalue weighted by Crippen LogP contribution is 2.34. The Hall–Kier alpha value is -3.77. The zero-order valence-corrected chi connectivity index (χ0v) is 19.2. The highest BCUT2D eigenvalue weighted by molar-refractivity contribution is 6.12. The lowest BCUT2D eigenvalue weighted by atomic mass is 9.93. The number of phenolic OH excluding ortho intramolecular Hbond substituents is 1. The van der Waals surface area contributed by atoms with Crippen molar-refractivity contribution in [2.75, 3.05) is 20.1 Å². The van der Waals surface area contributed by atoms with Crippen molar-refractivity contribution in [1.29, 1.82) is 0 Å². The summed E-state index contributed by atoms with van der Waals surface area (Å²) in [5.74, 6) is -0.316. The summed E-state index contributed by atoms with van der Waals surface area (Å²) in [6.07, 6.45) is 2.69. The van der Waals surface area contributed by atoms with Gasteiger partial charge in [0.2, 0.25) is 0 Å². The standard InChI is InChI=1S/C28H26FN3O2/c1-17-10-20(12-21(29)11-17)25-15-31-26-7-6-19(18-4-3-5-23(33)13-18)14-24(26)27(25)28(34)32(2)16-22-8-9-30-22/h3-7,10-15,22,30,33H,8-9,16H2,1-2H3/t22-/m0/s1. The molecule has 4 aromatic rings. The molecule has 0 spiro atoms. The Morgan fingerprint density at radius 2 is 1.91 bits per heavy atom. The number of likely N-dealkylation sites (N-methyl/N-ethyl adjacent to an activating group) is 1. The number of pyridine rings is 1. The average Bonchev–Trinajstić information content (AvgIpc) is 2.79. The zero-order chi connectivity index (χ0) is 23.8. The minimum absolute atomic E-state index is 0.133. The average molecular weight is 456 g/mol. The van der Waals surface area contributed by atoms with Crippen LogP contribution in [0.2, 0.25) is 0 Å². The number of fused-ring (bicyclic) bond motifs is 1. The van der Waals surface area contributed by atoms with Gasteiger partial charge in [0.1, 0.15) is 11.6 Å². The largest absolute Gasteiger partial charge is 0.508 e. The molecule has 2 heterocycles. The summed E-state index contributed by atoms with van der Waals surface area (Å²) in [7, 11) is 1.80. The van der Waals surface area contributed by atoms with E-state index in [0.717, 1.165) is 29.7 Å². The third-order valence-electron chi connectivity index (χ3n) is 6.38. The number of nitrogens with zero attached hydrogens (tertiary/aromatic N) is 2. The molecule has 1 aliphatic rings. The van der Waals surface area contributed by atoms with E-state index >= 15 is 0 Å². The van der Waals surface area contributed by atoms with Crippen LogP contribution in [0.15, 0.2) is 66.9 Å². The minimum Gasteiger partial charge on any atom is -0.508 e. The van der Waals surface area contributed by atoms with Crippen molar-refractivity contribution in [1.82, 2.24) is 15.2 Å². The molecular formula is C28H26FN3O2. The molecule has 5 nitrogen and oxygen atoms in total. The Labute approximate surface area is 197 Å². The maximum absolute atomic E-state index is 14.3. The van der Waals surface area contributed by atoms with E-state index in [4.69, 9.17) is 0 Å². The van der Waals surface area contributed by atoms with Gasteiger partial charge >= 0.3 is 0 Å². The summed E-state index contributed by atoms with van der Waals surface area (Å²) in [6.45, 7) is 3.39. The molecule has 0 saturated carbocycles. The van der Waals surface area contributed by atoms with Crippen molar-refractivity contribution >= 4 is 16.8 Å². The van der Waals surface area contributed by atoms with Gasteiger partial charge < -0.3 is 15.3 Å². The second-order valence-electron chi connectivity index (χ2n) is 8.97. The van der Waals surface area contributed by atoms with E-state index < -0.39 is 0 Å². The maximum Gasteiger partial charge on any atom is 0.255 e. The molecule has 1 aromatic heterocycles. The SMILES string of the molecule is Cc1cc(F)cc(-c2cnc3ccc(-c4cccc(O)c4)cc3c2C(=O)N(C)C[C@@H]2CCN2)c1. The lowest BCUT2D eigenvalue weighted by Crippen LogP contribution is -2.50. The van der Waals surface area contributed by atoms with Crippen LogP contribution in [0.4, 0.5) is 4.39 Å². The number of carbonyl (C=O) groups excluding carboxylic acids is 1. The first-order valence-electron chi connectivity index (χ1n) is 11.4. The number of amides is 1. The summed E-state index contributed by atoms with van der Waals surface area (Å²) in [5, 5.41) is 14.0. The number of hydrogen-bond donors (Lipinski definition) is 2. The summed E-state index contributed by atoms with van der Waals surface area (Å²) >= 11 is 0. The number of halogens is 1. The van der Waals surface area contributed by atoms with Crippen LogP contribution in [0, 0.1) is 12.7 Å². The van der Waals surface area contributed by atoms with Crippen molar-refractivity contribution in [2.24, 2.45) is 0 Å². The van der Waals surface area contributed by atoms with Crippen LogP contribution < -0.4 is 5.32 Å². The maximum atomic E-state index is 14.3. The fourth-order valence-corrected chi connectivity index (χ4v) is 4.51. The number of phenols is 1. The molecule has 3 aromatic carbocycles. The molecule has 2 N–H and O–H groups in total. The van der Waals surface area contributed by atoms with Crippen LogP contribution in [-0.2, 0) is 0 Å². The summed E-state index contributed by atoms with van der Waals surface area (Å²) in [6, 6.07) is 17.8. The van der Waals surface area contributed by atoms with Gasteiger partial charge in [-0.2, -0.15) is 0 Å². The molecule has 1 aliphatic heterocycles.